The molecule has 2 aromatic rings. The third kappa shape index (κ3) is 5.89. The quantitative estimate of drug-likeness (QED) is 0.633. The maximum atomic E-state index is 13.3. The van der Waals surface area contributed by atoms with Crippen molar-refractivity contribution < 1.29 is 23.0 Å². The van der Waals surface area contributed by atoms with Crippen molar-refractivity contribution in [2.24, 2.45) is 7.05 Å². The monoisotopic (exact) mass is 506 g/mol. The van der Waals surface area contributed by atoms with E-state index in [4.69, 9.17) is 0 Å². The highest BCUT2D eigenvalue weighted by Crippen LogP contribution is 2.39. The molecule has 1 fully saturated rings. The second-order valence-electron chi connectivity index (χ2n) is 11.0. The Morgan fingerprint density at radius 1 is 1.14 bits per heavy atom. The fourth-order valence-electron chi connectivity index (χ4n) is 5.45. The predicted molar refractivity (Wildman–Crippen MR) is 131 cm³/mol. The Bertz CT molecular complexity index is 1150. The lowest BCUT2D eigenvalue weighted by Gasteiger charge is -2.49. The topological polar surface area (TPSA) is 88.3 Å². The molecule has 1 atom stereocenters. The van der Waals surface area contributed by atoms with Gasteiger partial charge in [0.05, 0.1) is 23.6 Å². The van der Waals surface area contributed by atoms with E-state index in [9.17, 15) is 18.3 Å². The van der Waals surface area contributed by atoms with Crippen LogP contribution in [0.2, 0.25) is 0 Å². The highest BCUT2D eigenvalue weighted by atomic mass is 19.4. The molecule has 0 amide bonds. The molecule has 4 rings (SSSR count). The van der Waals surface area contributed by atoms with Gasteiger partial charge in [0.1, 0.15) is 5.76 Å². The molecule has 0 saturated carbocycles. The smallest absolute Gasteiger partial charge is 0.405 e. The zero-order chi connectivity index (χ0) is 26.5. The minimum Gasteiger partial charge on any atom is -0.405 e. The summed E-state index contributed by atoms with van der Waals surface area (Å²) in [6, 6.07) is 3.50. The molecule has 11 heteroatoms. The van der Waals surface area contributed by atoms with Crippen LogP contribution in [0, 0.1) is 0 Å². The standard InChI is InChI=1S/C25H33F3N6O2/c1-23(2)11-17(12-24(3,4)32-23)34(6)21-8-7-18(30-31-21)22-19(35)9-15(16-13-29-33(5)14-16)10-20(22)36-25(26,27)28/h7-8,10,13-14,17,19,32,35H,9,11-12H2,1-6H3. The number of nitrogens with zero attached hydrogens (tertiary/aromatic N) is 5. The highest BCUT2D eigenvalue weighted by molar-refractivity contribution is 5.81. The first-order valence-corrected chi connectivity index (χ1v) is 11.9. The van der Waals surface area contributed by atoms with Crippen molar-refractivity contribution in [2.45, 2.75) is 76.5 Å². The van der Waals surface area contributed by atoms with Crippen LogP contribution in [-0.4, -0.2) is 61.7 Å². The molecule has 0 spiro atoms. The predicted octanol–water partition coefficient (Wildman–Crippen LogP) is 4.05. The number of aliphatic hydroxyl groups is 1. The molecule has 1 aliphatic heterocycles. The molecule has 0 aromatic carbocycles. The van der Waals surface area contributed by atoms with E-state index in [0.29, 0.717) is 17.0 Å². The van der Waals surface area contributed by atoms with Gasteiger partial charge < -0.3 is 20.1 Å². The summed E-state index contributed by atoms with van der Waals surface area (Å²) < 4.78 is 45.6. The fourth-order valence-corrected chi connectivity index (χ4v) is 5.45. The summed E-state index contributed by atoms with van der Waals surface area (Å²) in [5, 5.41) is 27.1. The van der Waals surface area contributed by atoms with Crippen molar-refractivity contribution in [3.05, 3.63) is 47.6 Å². The number of ether oxygens (including phenoxy) is 1. The van der Waals surface area contributed by atoms with E-state index in [1.165, 1.54) is 17.0 Å². The maximum Gasteiger partial charge on any atom is 0.573 e. The van der Waals surface area contributed by atoms with Gasteiger partial charge in [0, 0.05) is 49.4 Å². The first-order valence-electron chi connectivity index (χ1n) is 11.9. The Kier molecular flexibility index (Phi) is 6.67. The number of halogens is 3. The van der Waals surface area contributed by atoms with Gasteiger partial charge in [0.2, 0.25) is 0 Å². The van der Waals surface area contributed by atoms with Gasteiger partial charge in [0.15, 0.2) is 5.82 Å². The molecule has 36 heavy (non-hydrogen) atoms. The maximum absolute atomic E-state index is 13.3. The second-order valence-corrected chi connectivity index (χ2v) is 11.0. The van der Waals surface area contributed by atoms with Crippen LogP contribution in [-0.2, 0) is 11.8 Å². The van der Waals surface area contributed by atoms with Gasteiger partial charge in [-0.1, -0.05) is 0 Å². The molecule has 8 nitrogen and oxygen atoms in total. The number of rotatable bonds is 5. The van der Waals surface area contributed by atoms with Crippen LogP contribution < -0.4 is 10.2 Å². The lowest BCUT2D eigenvalue weighted by Crippen LogP contribution is -2.62. The molecule has 1 aliphatic carbocycles. The van der Waals surface area contributed by atoms with Crippen molar-refractivity contribution in [1.29, 1.82) is 0 Å². The number of hydrogen-bond donors (Lipinski definition) is 2. The lowest BCUT2D eigenvalue weighted by molar-refractivity contribution is -0.303. The minimum atomic E-state index is -4.93. The molecule has 1 unspecified atom stereocenters. The van der Waals surface area contributed by atoms with Gasteiger partial charge in [-0.05, 0) is 64.3 Å². The summed E-state index contributed by atoms with van der Waals surface area (Å²) in [5.74, 6) is 0.102. The van der Waals surface area contributed by atoms with E-state index < -0.39 is 18.2 Å². The normalized spacial score (nSPS) is 22.4. The van der Waals surface area contributed by atoms with Crippen molar-refractivity contribution in [3.63, 3.8) is 0 Å². The van der Waals surface area contributed by atoms with E-state index in [0.717, 1.165) is 12.8 Å². The van der Waals surface area contributed by atoms with Crippen molar-refractivity contribution in [2.75, 3.05) is 11.9 Å². The van der Waals surface area contributed by atoms with Crippen molar-refractivity contribution in [3.8, 4) is 0 Å². The number of hydrogen-bond acceptors (Lipinski definition) is 7. The second kappa shape index (κ2) is 9.19. The van der Waals surface area contributed by atoms with E-state index in [-0.39, 0.29) is 34.8 Å². The number of anilines is 1. The Morgan fingerprint density at radius 3 is 2.33 bits per heavy atom. The molecule has 1 saturated heterocycles. The SMILES string of the molecule is CN(c1ccc(C2=C(OC(F)(F)F)C=C(c3cnn(C)c3)CC2O)nn1)C1CC(C)(C)NC(C)(C)C1. The van der Waals surface area contributed by atoms with Gasteiger partial charge >= 0.3 is 6.36 Å². The first kappa shape index (κ1) is 26.2. The number of alkyl halides is 3. The number of nitrogens with one attached hydrogen (secondary N) is 1. The fraction of sp³-hybridized carbons (Fsp3) is 0.560. The Balaban J connectivity index is 1.66. The third-order valence-corrected chi connectivity index (χ3v) is 6.62. The summed E-state index contributed by atoms with van der Waals surface area (Å²) in [5.41, 5.74) is 1.05. The summed E-state index contributed by atoms with van der Waals surface area (Å²) in [7, 11) is 3.65. The van der Waals surface area contributed by atoms with Gasteiger partial charge in [-0.25, -0.2) is 0 Å². The summed E-state index contributed by atoms with van der Waals surface area (Å²) in [6.07, 6.45) is 0.173. The number of piperidine rings is 1. The number of aliphatic hydroxyl groups excluding tert-OH is 1. The largest absolute Gasteiger partial charge is 0.573 e. The molecular formula is C25H33F3N6O2. The molecule has 0 bridgehead atoms. The molecular weight excluding hydrogens is 473 g/mol. The number of aromatic nitrogens is 4. The highest BCUT2D eigenvalue weighted by Gasteiger charge is 2.40. The molecule has 2 aromatic heterocycles. The van der Waals surface area contributed by atoms with Crippen LogP contribution >= 0.6 is 0 Å². The van der Waals surface area contributed by atoms with E-state index >= 15 is 0 Å². The molecule has 0 radical (unpaired) electrons. The summed E-state index contributed by atoms with van der Waals surface area (Å²) in [4.78, 5) is 2.06. The van der Waals surface area contributed by atoms with Crippen LogP contribution in [0.15, 0.2) is 36.4 Å². The van der Waals surface area contributed by atoms with Gasteiger partial charge in [-0.2, -0.15) is 5.10 Å². The zero-order valence-corrected chi connectivity index (χ0v) is 21.4. The van der Waals surface area contributed by atoms with Crippen molar-refractivity contribution >= 4 is 17.0 Å². The van der Waals surface area contributed by atoms with E-state index in [2.05, 4.69) is 57.9 Å². The van der Waals surface area contributed by atoms with Crippen LogP contribution in [0.3, 0.4) is 0 Å². The van der Waals surface area contributed by atoms with Gasteiger partial charge in [-0.3, -0.25) is 4.68 Å². The first-order chi connectivity index (χ1) is 16.6. The Morgan fingerprint density at radius 2 is 1.81 bits per heavy atom. The van der Waals surface area contributed by atoms with E-state index in [1.54, 1.807) is 25.4 Å². The lowest BCUT2D eigenvalue weighted by atomic mass is 9.79. The van der Waals surface area contributed by atoms with Gasteiger partial charge in [-0.15, -0.1) is 23.4 Å². The summed E-state index contributed by atoms with van der Waals surface area (Å²) >= 11 is 0. The zero-order valence-electron chi connectivity index (χ0n) is 21.4. The molecule has 3 heterocycles. The van der Waals surface area contributed by atoms with Crippen LogP contribution in [0.5, 0.6) is 0 Å². The van der Waals surface area contributed by atoms with E-state index in [1.807, 2.05) is 7.05 Å². The van der Waals surface area contributed by atoms with Crippen LogP contribution in [0.4, 0.5) is 19.0 Å². The van der Waals surface area contributed by atoms with Crippen molar-refractivity contribution in [1.82, 2.24) is 25.3 Å². The van der Waals surface area contributed by atoms with Gasteiger partial charge in [0.25, 0.3) is 0 Å². The Hall–Kier alpha value is -2.92. The summed E-state index contributed by atoms with van der Waals surface area (Å²) in [6.45, 7) is 8.65. The van der Waals surface area contributed by atoms with Crippen LogP contribution in [0.25, 0.3) is 11.1 Å². The average molecular weight is 507 g/mol. The van der Waals surface area contributed by atoms with Crippen LogP contribution in [0.1, 0.15) is 58.2 Å². The molecule has 2 N–H and O–H groups in total. The number of allylic oxidation sites excluding steroid dienone is 1. The minimum absolute atomic E-state index is 0.0502. The molecule has 196 valence electrons. The average Bonchev–Trinajstić information content (AvgIpc) is 3.16. The number of aryl methyl sites for hydroxylation is 1. The third-order valence-electron chi connectivity index (χ3n) is 6.62. The Labute approximate surface area is 208 Å². The molecule has 2 aliphatic rings.